The molecule has 0 unspecified atom stereocenters. The summed E-state index contributed by atoms with van der Waals surface area (Å²) in [5.41, 5.74) is 3.30. The van der Waals surface area contributed by atoms with Crippen LogP contribution in [0, 0.1) is 0 Å². The molecule has 94 valence electrons. The molecule has 0 saturated heterocycles. The van der Waals surface area contributed by atoms with Crippen molar-refractivity contribution in [1.29, 1.82) is 0 Å². The van der Waals surface area contributed by atoms with Gasteiger partial charge in [0.1, 0.15) is 0 Å². The van der Waals surface area contributed by atoms with Crippen molar-refractivity contribution in [2.24, 2.45) is 0 Å². The van der Waals surface area contributed by atoms with E-state index in [2.05, 4.69) is 12.1 Å². The average Bonchev–Trinajstić information content (AvgIpc) is 2.42. The number of aromatic hydroxyl groups is 1. The van der Waals surface area contributed by atoms with E-state index in [9.17, 15) is 5.11 Å². The quantitative estimate of drug-likeness (QED) is 0.657. The van der Waals surface area contributed by atoms with Gasteiger partial charge in [-0.05, 0) is 0 Å². The predicted octanol–water partition coefficient (Wildman–Crippen LogP) is 2.77. The molecule has 0 spiro atoms. The summed E-state index contributed by atoms with van der Waals surface area (Å²) in [6.07, 6.45) is 0. The van der Waals surface area contributed by atoms with Crippen molar-refractivity contribution < 1.29 is 9.84 Å². The fraction of sp³-hybridized carbons (Fsp3) is 0.200. The fourth-order valence-corrected chi connectivity index (χ4v) is 3.04. The summed E-state index contributed by atoms with van der Waals surface area (Å²) in [6, 6.07) is 17.6. The van der Waals surface area contributed by atoms with Crippen LogP contribution in [0.1, 0.15) is 11.1 Å². The molecular weight excluding hydrogens is 291 g/mol. The molecule has 18 heavy (non-hydrogen) atoms. The molecule has 0 fully saturated rings. The van der Waals surface area contributed by atoms with Gasteiger partial charge in [0.25, 0.3) is 0 Å². The van der Waals surface area contributed by atoms with Crippen molar-refractivity contribution >= 4 is 15.0 Å². The number of hydrogen-bond acceptors (Lipinski definition) is 2. The van der Waals surface area contributed by atoms with Crippen molar-refractivity contribution in [2.75, 3.05) is 5.51 Å². The Kier molecular flexibility index (Phi) is 5.28. The zero-order valence-corrected chi connectivity index (χ0v) is 11.8. The standard InChI is InChI=1S/C15H16O2Se/c16-15-8-6-14(7-9-15)11-18-12-17-10-13-4-2-1-3-5-13/h1-9,16H,10-12H2. The Hall–Kier alpha value is -1.28. The molecule has 0 amide bonds. The first-order chi connectivity index (χ1) is 8.84. The number of phenolic OH excluding ortho intramolecular Hbond substituents is 1. The van der Waals surface area contributed by atoms with E-state index in [1.807, 2.05) is 30.3 Å². The van der Waals surface area contributed by atoms with Crippen molar-refractivity contribution in [2.45, 2.75) is 11.9 Å². The first-order valence-electron chi connectivity index (χ1n) is 5.82. The molecule has 0 aliphatic rings. The second-order valence-corrected chi connectivity index (χ2v) is 5.92. The second-order valence-electron chi connectivity index (χ2n) is 3.97. The minimum atomic E-state index is 0.326. The van der Waals surface area contributed by atoms with Crippen LogP contribution < -0.4 is 0 Å². The Morgan fingerprint density at radius 3 is 2.33 bits per heavy atom. The summed E-state index contributed by atoms with van der Waals surface area (Å²) in [7, 11) is 0. The third kappa shape index (κ3) is 4.53. The van der Waals surface area contributed by atoms with Crippen LogP contribution in [0.15, 0.2) is 54.6 Å². The number of hydrogen-bond donors (Lipinski definition) is 1. The summed E-state index contributed by atoms with van der Waals surface area (Å²) < 4.78 is 5.64. The van der Waals surface area contributed by atoms with Gasteiger partial charge in [-0.2, -0.15) is 0 Å². The zero-order valence-electron chi connectivity index (χ0n) is 10.1. The number of benzene rings is 2. The minimum absolute atomic E-state index is 0.326. The van der Waals surface area contributed by atoms with E-state index in [0.717, 1.165) is 10.8 Å². The van der Waals surface area contributed by atoms with Gasteiger partial charge in [-0.25, -0.2) is 0 Å². The first kappa shape index (κ1) is 13.2. The average molecular weight is 307 g/mol. The van der Waals surface area contributed by atoms with Crippen LogP contribution in [0.4, 0.5) is 0 Å². The summed E-state index contributed by atoms with van der Waals surface area (Å²) in [5, 5.41) is 10.2. The van der Waals surface area contributed by atoms with Gasteiger partial charge in [-0.3, -0.25) is 0 Å². The third-order valence-electron chi connectivity index (χ3n) is 2.48. The molecule has 0 atom stereocenters. The van der Waals surface area contributed by atoms with Gasteiger partial charge in [0, 0.05) is 0 Å². The van der Waals surface area contributed by atoms with Crippen LogP contribution in [0.5, 0.6) is 5.75 Å². The second kappa shape index (κ2) is 7.22. The van der Waals surface area contributed by atoms with Crippen molar-refractivity contribution in [3.63, 3.8) is 0 Å². The molecule has 0 saturated carbocycles. The molecule has 0 heterocycles. The van der Waals surface area contributed by atoms with Gasteiger partial charge < -0.3 is 0 Å². The molecule has 0 aliphatic carbocycles. The Morgan fingerprint density at radius 1 is 0.889 bits per heavy atom. The normalized spacial score (nSPS) is 10.4. The molecule has 1 N–H and O–H groups in total. The Balaban J connectivity index is 1.63. The van der Waals surface area contributed by atoms with Crippen molar-refractivity contribution in [3.8, 4) is 5.75 Å². The van der Waals surface area contributed by atoms with Crippen LogP contribution in [0.25, 0.3) is 0 Å². The molecule has 0 radical (unpaired) electrons. The van der Waals surface area contributed by atoms with Gasteiger partial charge >= 0.3 is 114 Å². The molecule has 2 aromatic rings. The van der Waals surface area contributed by atoms with Gasteiger partial charge in [0.15, 0.2) is 0 Å². The predicted molar refractivity (Wildman–Crippen MR) is 73.7 cm³/mol. The van der Waals surface area contributed by atoms with Gasteiger partial charge in [-0.15, -0.1) is 0 Å². The molecule has 2 rings (SSSR count). The van der Waals surface area contributed by atoms with E-state index >= 15 is 0 Å². The molecule has 0 bridgehead atoms. The molecule has 0 aliphatic heterocycles. The third-order valence-corrected chi connectivity index (χ3v) is 4.31. The fourth-order valence-electron chi connectivity index (χ4n) is 1.54. The number of ether oxygens (including phenoxy) is 1. The van der Waals surface area contributed by atoms with Crippen molar-refractivity contribution in [1.82, 2.24) is 0 Å². The summed E-state index contributed by atoms with van der Waals surface area (Å²) in [6.45, 7) is 0.693. The van der Waals surface area contributed by atoms with Gasteiger partial charge in [0.05, 0.1) is 0 Å². The van der Waals surface area contributed by atoms with Gasteiger partial charge in [-0.1, -0.05) is 0 Å². The van der Waals surface area contributed by atoms with E-state index in [1.165, 1.54) is 11.1 Å². The molecule has 3 heteroatoms. The summed E-state index contributed by atoms with van der Waals surface area (Å²) >= 11 is 0.450. The maximum absolute atomic E-state index is 9.17. The van der Waals surface area contributed by atoms with Crippen LogP contribution in [0.2, 0.25) is 0 Å². The van der Waals surface area contributed by atoms with E-state index in [4.69, 9.17) is 4.74 Å². The molecule has 0 aromatic heterocycles. The SMILES string of the molecule is Oc1ccc(C[Se]COCc2ccccc2)cc1. The summed E-state index contributed by atoms with van der Waals surface area (Å²) in [4.78, 5) is 0. The van der Waals surface area contributed by atoms with Crippen LogP contribution in [0.3, 0.4) is 0 Å². The van der Waals surface area contributed by atoms with Crippen LogP contribution >= 0.6 is 0 Å². The number of rotatable bonds is 6. The topological polar surface area (TPSA) is 29.5 Å². The zero-order chi connectivity index (χ0) is 12.6. The molecule has 2 nitrogen and oxygen atoms in total. The Morgan fingerprint density at radius 2 is 1.61 bits per heavy atom. The van der Waals surface area contributed by atoms with E-state index in [1.54, 1.807) is 12.1 Å². The van der Waals surface area contributed by atoms with Gasteiger partial charge in [0.2, 0.25) is 0 Å². The van der Waals surface area contributed by atoms with E-state index in [-0.39, 0.29) is 0 Å². The Bertz CT molecular complexity index is 454. The maximum atomic E-state index is 9.17. The number of phenols is 1. The van der Waals surface area contributed by atoms with E-state index < -0.39 is 0 Å². The summed E-state index contributed by atoms with van der Waals surface area (Å²) in [5.74, 6) is 0.326. The monoisotopic (exact) mass is 308 g/mol. The van der Waals surface area contributed by atoms with Crippen LogP contribution in [-0.4, -0.2) is 25.6 Å². The Labute approximate surface area is 114 Å². The van der Waals surface area contributed by atoms with Crippen molar-refractivity contribution in [3.05, 3.63) is 65.7 Å². The van der Waals surface area contributed by atoms with E-state index in [0.29, 0.717) is 27.3 Å². The van der Waals surface area contributed by atoms with Crippen LogP contribution in [-0.2, 0) is 16.7 Å². The first-order valence-corrected chi connectivity index (χ1v) is 8.24. The molecular formula is C15H16O2Se. The molecule has 2 aromatic carbocycles.